The van der Waals surface area contributed by atoms with Crippen molar-refractivity contribution >= 4 is 17.5 Å². The van der Waals surface area contributed by atoms with Crippen molar-refractivity contribution in [1.82, 2.24) is 10.2 Å². The summed E-state index contributed by atoms with van der Waals surface area (Å²) in [7, 11) is 0. The molecule has 2 fully saturated rings. The van der Waals surface area contributed by atoms with Crippen molar-refractivity contribution in [3.8, 4) is 0 Å². The number of aliphatic hydroxyl groups excluding tert-OH is 1. The number of carbonyl (C=O) groups excluding carboxylic acids is 1. The summed E-state index contributed by atoms with van der Waals surface area (Å²) in [6.07, 6.45) is 3.26. The van der Waals surface area contributed by atoms with Gasteiger partial charge in [0.05, 0.1) is 12.1 Å². The number of halogens is 1. The van der Waals surface area contributed by atoms with E-state index in [4.69, 9.17) is 11.6 Å². The van der Waals surface area contributed by atoms with E-state index in [0.717, 1.165) is 50.9 Å². The maximum atomic E-state index is 12.4. The van der Waals surface area contributed by atoms with E-state index in [1.165, 1.54) is 0 Å². The maximum Gasteiger partial charge on any atom is 0.239 e. The van der Waals surface area contributed by atoms with Crippen molar-refractivity contribution in [2.24, 2.45) is 5.92 Å². The van der Waals surface area contributed by atoms with Gasteiger partial charge in [-0.25, -0.2) is 0 Å². The highest BCUT2D eigenvalue weighted by Crippen LogP contribution is 2.31. The van der Waals surface area contributed by atoms with Crippen molar-refractivity contribution < 1.29 is 9.90 Å². The third-order valence-corrected chi connectivity index (χ3v) is 5.12. The van der Waals surface area contributed by atoms with Crippen LogP contribution >= 0.6 is 11.6 Å². The van der Waals surface area contributed by atoms with Crippen LogP contribution in [0.2, 0.25) is 5.02 Å². The van der Waals surface area contributed by atoms with Crippen LogP contribution < -0.4 is 5.32 Å². The zero-order chi connectivity index (χ0) is 15.5. The van der Waals surface area contributed by atoms with Crippen molar-refractivity contribution in [2.75, 3.05) is 19.6 Å². The summed E-state index contributed by atoms with van der Waals surface area (Å²) in [5.74, 6) is 0.443. The average molecular weight is 323 g/mol. The number of rotatable bonds is 3. The normalized spacial score (nSPS) is 24.5. The van der Waals surface area contributed by atoms with Gasteiger partial charge in [-0.1, -0.05) is 23.7 Å². The lowest BCUT2D eigenvalue weighted by atomic mass is 9.87. The van der Waals surface area contributed by atoms with Gasteiger partial charge in [-0.2, -0.15) is 0 Å². The van der Waals surface area contributed by atoms with Crippen LogP contribution in [0, 0.1) is 5.92 Å². The van der Waals surface area contributed by atoms with E-state index in [1.54, 1.807) is 0 Å². The predicted molar refractivity (Wildman–Crippen MR) is 86.7 cm³/mol. The molecule has 0 unspecified atom stereocenters. The van der Waals surface area contributed by atoms with Crippen LogP contribution in [0.15, 0.2) is 24.3 Å². The van der Waals surface area contributed by atoms with Gasteiger partial charge in [-0.05, 0) is 55.8 Å². The van der Waals surface area contributed by atoms with E-state index in [2.05, 4.69) is 5.32 Å². The third kappa shape index (κ3) is 3.45. The number of nitrogens with one attached hydrogen (secondary N) is 1. The Morgan fingerprint density at radius 3 is 2.50 bits per heavy atom. The Morgan fingerprint density at radius 2 is 1.91 bits per heavy atom. The molecule has 0 bridgehead atoms. The van der Waals surface area contributed by atoms with Crippen LogP contribution in [0.4, 0.5) is 0 Å². The van der Waals surface area contributed by atoms with Crippen LogP contribution in [0.3, 0.4) is 0 Å². The lowest BCUT2D eigenvalue weighted by Crippen LogP contribution is -2.47. The number of benzene rings is 1. The molecule has 2 aliphatic heterocycles. The molecule has 0 saturated carbocycles. The zero-order valence-electron chi connectivity index (χ0n) is 12.7. The summed E-state index contributed by atoms with van der Waals surface area (Å²) < 4.78 is 0. The molecule has 2 saturated heterocycles. The molecule has 4 nitrogen and oxygen atoms in total. The molecule has 120 valence electrons. The first-order chi connectivity index (χ1) is 10.6. The van der Waals surface area contributed by atoms with Gasteiger partial charge in [-0.15, -0.1) is 0 Å². The number of piperidine rings is 1. The Hall–Kier alpha value is -1.10. The Morgan fingerprint density at radius 1 is 1.23 bits per heavy atom. The lowest BCUT2D eigenvalue weighted by molar-refractivity contribution is -0.135. The molecule has 1 amide bonds. The van der Waals surface area contributed by atoms with E-state index in [-0.39, 0.29) is 17.9 Å². The summed E-state index contributed by atoms with van der Waals surface area (Å²) in [6, 6.07) is 7.40. The first-order valence-corrected chi connectivity index (χ1v) is 8.48. The second-order valence-corrected chi connectivity index (χ2v) is 6.74. The fourth-order valence-electron chi connectivity index (χ4n) is 3.48. The molecule has 2 atom stereocenters. The SMILES string of the molecule is O=C([C@H]1CCCN1)N1CCC([C@@H](O)c2ccc(Cl)cc2)CC1. The van der Waals surface area contributed by atoms with E-state index >= 15 is 0 Å². The highest BCUT2D eigenvalue weighted by Gasteiger charge is 2.32. The zero-order valence-corrected chi connectivity index (χ0v) is 13.4. The number of hydrogen-bond donors (Lipinski definition) is 2. The monoisotopic (exact) mass is 322 g/mol. The molecule has 22 heavy (non-hydrogen) atoms. The minimum atomic E-state index is -0.473. The van der Waals surface area contributed by atoms with Gasteiger partial charge in [0.2, 0.25) is 5.91 Å². The van der Waals surface area contributed by atoms with Crippen LogP contribution in [-0.4, -0.2) is 41.6 Å². The summed E-state index contributed by atoms with van der Waals surface area (Å²) in [4.78, 5) is 14.3. The van der Waals surface area contributed by atoms with Gasteiger partial charge in [-0.3, -0.25) is 4.79 Å². The van der Waals surface area contributed by atoms with Crippen molar-refractivity contribution in [2.45, 2.75) is 37.8 Å². The van der Waals surface area contributed by atoms with Crippen LogP contribution in [0.1, 0.15) is 37.4 Å². The second kappa shape index (κ2) is 6.99. The molecule has 2 aliphatic rings. The molecule has 2 heterocycles. The van der Waals surface area contributed by atoms with Crippen molar-refractivity contribution in [3.05, 3.63) is 34.9 Å². The Bertz CT molecular complexity index is 506. The molecule has 5 heteroatoms. The standard InChI is InChI=1S/C17H23ClN2O2/c18-14-5-3-12(4-6-14)16(21)13-7-10-20(11-8-13)17(22)15-2-1-9-19-15/h3-6,13,15-16,19,21H,1-2,7-11H2/t15-,16+/m1/s1. The highest BCUT2D eigenvalue weighted by molar-refractivity contribution is 6.30. The fourth-order valence-corrected chi connectivity index (χ4v) is 3.61. The van der Waals surface area contributed by atoms with E-state index in [1.807, 2.05) is 29.2 Å². The van der Waals surface area contributed by atoms with E-state index < -0.39 is 6.10 Å². The van der Waals surface area contributed by atoms with Crippen LogP contribution in [0.25, 0.3) is 0 Å². The largest absolute Gasteiger partial charge is 0.388 e. The van der Waals surface area contributed by atoms with Gasteiger partial charge in [0, 0.05) is 18.1 Å². The summed E-state index contributed by atoms with van der Waals surface area (Å²) in [5.41, 5.74) is 0.909. The number of amides is 1. The molecular formula is C17H23ClN2O2. The third-order valence-electron chi connectivity index (χ3n) is 4.87. The molecule has 3 rings (SSSR count). The smallest absolute Gasteiger partial charge is 0.239 e. The van der Waals surface area contributed by atoms with Gasteiger partial charge in [0.15, 0.2) is 0 Å². The number of hydrogen-bond acceptors (Lipinski definition) is 3. The fraction of sp³-hybridized carbons (Fsp3) is 0.588. The Labute approximate surface area is 136 Å². The Kier molecular flexibility index (Phi) is 5.01. The number of likely N-dealkylation sites (tertiary alicyclic amines) is 1. The summed E-state index contributed by atoms with van der Waals surface area (Å²) >= 11 is 5.89. The molecule has 0 aromatic heterocycles. The summed E-state index contributed by atoms with van der Waals surface area (Å²) in [6.45, 7) is 2.43. The highest BCUT2D eigenvalue weighted by atomic mass is 35.5. The van der Waals surface area contributed by atoms with Gasteiger partial charge in [0.1, 0.15) is 0 Å². The predicted octanol–water partition coefficient (Wildman–Crippen LogP) is 2.36. The minimum absolute atomic E-state index is 0.0118. The maximum absolute atomic E-state index is 12.4. The lowest BCUT2D eigenvalue weighted by Gasteiger charge is -2.35. The first kappa shape index (κ1) is 15.8. The average Bonchev–Trinajstić information content (AvgIpc) is 3.09. The molecule has 0 spiro atoms. The molecule has 0 aliphatic carbocycles. The quantitative estimate of drug-likeness (QED) is 0.898. The van der Waals surface area contributed by atoms with E-state index in [0.29, 0.717) is 5.02 Å². The van der Waals surface area contributed by atoms with Gasteiger partial charge in [0.25, 0.3) is 0 Å². The van der Waals surface area contributed by atoms with Crippen molar-refractivity contribution in [3.63, 3.8) is 0 Å². The summed E-state index contributed by atoms with van der Waals surface area (Å²) in [5, 5.41) is 14.5. The molecule has 2 N–H and O–H groups in total. The minimum Gasteiger partial charge on any atom is -0.388 e. The number of carbonyl (C=O) groups is 1. The number of nitrogens with zero attached hydrogens (tertiary/aromatic N) is 1. The van der Waals surface area contributed by atoms with Crippen LogP contribution in [0.5, 0.6) is 0 Å². The Balaban J connectivity index is 1.54. The molecule has 0 radical (unpaired) electrons. The topological polar surface area (TPSA) is 52.6 Å². The molecule has 1 aromatic carbocycles. The van der Waals surface area contributed by atoms with E-state index in [9.17, 15) is 9.90 Å². The number of aliphatic hydroxyl groups is 1. The van der Waals surface area contributed by atoms with Gasteiger partial charge >= 0.3 is 0 Å². The van der Waals surface area contributed by atoms with Crippen molar-refractivity contribution in [1.29, 1.82) is 0 Å². The first-order valence-electron chi connectivity index (χ1n) is 8.11. The molecule has 1 aromatic rings. The van der Waals surface area contributed by atoms with Gasteiger partial charge < -0.3 is 15.3 Å². The second-order valence-electron chi connectivity index (χ2n) is 6.31. The molecular weight excluding hydrogens is 300 g/mol. The van der Waals surface area contributed by atoms with Crippen LogP contribution in [-0.2, 0) is 4.79 Å².